The van der Waals surface area contributed by atoms with Gasteiger partial charge in [-0.05, 0) is 25.8 Å². The third kappa shape index (κ3) is 4.62. The van der Waals surface area contributed by atoms with Crippen molar-refractivity contribution in [2.45, 2.75) is 39.2 Å². The normalized spacial score (nSPS) is 14.7. The van der Waals surface area contributed by atoms with Crippen LogP contribution >= 0.6 is 0 Å². The van der Waals surface area contributed by atoms with E-state index in [1.807, 2.05) is 30.3 Å². The molecule has 1 atom stereocenters. The molecule has 0 fully saturated rings. The Morgan fingerprint density at radius 3 is 2.30 bits per heavy atom. The van der Waals surface area contributed by atoms with Gasteiger partial charge in [-0.1, -0.05) is 37.3 Å². The van der Waals surface area contributed by atoms with E-state index in [4.69, 9.17) is 4.74 Å². The maximum atomic E-state index is 11.7. The Kier molecular flexibility index (Phi) is 5.72. The van der Waals surface area contributed by atoms with Crippen molar-refractivity contribution >= 4 is 5.97 Å². The number of hydrogen-bond donors (Lipinski definition) is 2. The third-order valence-corrected chi connectivity index (χ3v) is 3.84. The average molecular weight is 280 g/mol. The second-order valence-electron chi connectivity index (χ2n) is 5.92. The van der Waals surface area contributed by atoms with Crippen LogP contribution in [0, 0.1) is 5.41 Å². The summed E-state index contributed by atoms with van der Waals surface area (Å²) in [6, 6.07) is 9.71. The molecule has 4 heteroatoms. The summed E-state index contributed by atoms with van der Waals surface area (Å²) in [4.78, 5) is 11.7. The Morgan fingerprint density at radius 1 is 1.20 bits per heavy atom. The minimum Gasteiger partial charge on any atom is -0.465 e. The van der Waals surface area contributed by atoms with E-state index in [1.165, 1.54) is 0 Å². The summed E-state index contributed by atoms with van der Waals surface area (Å²) in [6.45, 7) is 4.64. The van der Waals surface area contributed by atoms with Crippen LogP contribution < -0.4 is 0 Å². The highest BCUT2D eigenvalue weighted by Gasteiger charge is 2.40. The van der Waals surface area contributed by atoms with E-state index in [0.717, 1.165) is 5.56 Å². The largest absolute Gasteiger partial charge is 0.465 e. The molecule has 0 spiro atoms. The molecule has 1 unspecified atom stereocenters. The number of aryl methyl sites for hydroxylation is 1. The number of esters is 1. The first kappa shape index (κ1) is 16.7. The lowest BCUT2D eigenvalue weighted by atomic mass is 9.77. The van der Waals surface area contributed by atoms with Crippen molar-refractivity contribution in [1.82, 2.24) is 0 Å². The molecule has 0 saturated carbocycles. The molecule has 2 N–H and O–H groups in total. The van der Waals surface area contributed by atoms with Crippen LogP contribution in [0.1, 0.15) is 32.8 Å². The Hall–Kier alpha value is -1.39. The molecule has 0 aliphatic rings. The lowest BCUT2D eigenvalue weighted by Crippen LogP contribution is -2.47. The van der Waals surface area contributed by atoms with Crippen molar-refractivity contribution in [2.24, 2.45) is 5.41 Å². The van der Waals surface area contributed by atoms with Gasteiger partial charge in [0.05, 0.1) is 17.6 Å². The van der Waals surface area contributed by atoms with Gasteiger partial charge in [0.2, 0.25) is 0 Å². The molecule has 0 bridgehead atoms. The van der Waals surface area contributed by atoms with Gasteiger partial charge in [0, 0.05) is 6.42 Å². The van der Waals surface area contributed by atoms with E-state index in [-0.39, 0.29) is 25.6 Å². The second kappa shape index (κ2) is 6.86. The fourth-order valence-corrected chi connectivity index (χ4v) is 1.62. The SMILES string of the molecule is CC(C)(O)C(C)(CO)COC(=O)CCc1ccccc1. The van der Waals surface area contributed by atoms with Crippen molar-refractivity contribution in [3.63, 3.8) is 0 Å². The molecule has 0 aliphatic carbocycles. The first-order valence-corrected chi connectivity index (χ1v) is 6.81. The number of rotatable bonds is 7. The number of aliphatic hydroxyl groups is 2. The minimum atomic E-state index is -1.12. The second-order valence-corrected chi connectivity index (χ2v) is 5.92. The molecule has 0 radical (unpaired) electrons. The molecular formula is C16H24O4. The molecule has 20 heavy (non-hydrogen) atoms. The van der Waals surface area contributed by atoms with Gasteiger partial charge in [-0.15, -0.1) is 0 Å². The van der Waals surface area contributed by atoms with Crippen LogP contribution in [0.2, 0.25) is 0 Å². The lowest BCUT2D eigenvalue weighted by molar-refractivity contribution is -0.157. The van der Waals surface area contributed by atoms with Crippen molar-refractivity contribution in [3.8, 4) is 0 Å². The number of benzene rings is 1. The van der Waals surface area contributed by atoms with Crippen molar-refractivity contribution in [1.29, 1.82) is 0 Å². The van der Waals surface area contributed by atoms with Crippen molar-refractivity contribution in [3.05, 3.63) is 35.9 Å². The summed E-state index contributed by atoms with van der Waals surface area (Å²) >= 11 is 0. The van der Waals surface area contributed by atoms with E-state index in [0.29, 0.717) is 6.42 Å². The van der Waals surface area contributed by atoms with Crippen LogP contribution in [0.15, 0.2) is 30.3 Å². The molecule has 4 nitrogen and oxygen atoms in total. The van der Waals surface area contributed by atoms with Gasteiger partial charge in [0.25, 0.3) is 0 Å². The van der Waals surface area contributed by atoms with Crippen LogP contribution in [0.25, 0.3) is 0 Å². The zero-order valence-electron chi connectivity index (χ0n) is 12.4. The summed E-state index contributed by atoms with van der Waals surface area (Å²) in [5, 5.41) is 19.4. The number of aliphatic hydroxyl groups excluding tert-OH is 1. The van der Waals surface area contributed by atoms with Crippen LogP contribution in [-0.4, -0.2) is 35.0 Å². The predicted octanol–water partition coefficient (Wildman–Crippen LogP) is 1.93. The summed E-state index contributed by atoms with van der Waals surface area (Å²) < 4.78 is 5.19. The number of carbonyl (C=O) groups is 1. The van der Waals surface area contributed by atoms with Gasteiger partial charge >= 0.3 is 5.97 Å². The molecule has 1 aromatic rings. The minimum absolute atomic E-state index is 0.000618. The topological polar surface area (TPSA) is 66.8 Å². The maximum absolute atomic E-state index is 11.7. The molecule has 112 valence electrons. The first-order valence-electron chi connectivity index (χ1n) is 6.81. The number of carbonyl (C=O) groups excluding carboxylic acids is 1. The Balaban J connectivity index is 2.43. The highest BCUT2D eigenvalue weighted by atomic mass is 16.5. The molecule has 1 aromatic carbocycles. The zero-order valence-corrected chi connectivity index (χ0v) is 12.4. The first-order chi connectivity index (χ1) is 9.28. The van der Waals surface area contributed by atoms with Crippen molar-refractivity contribution in [2.75, 3.05) is 13.2 Å². The smallest absolute Gasteiger partial charge is 0.306 e. The molecule has 1 rings (SSSR count). The fourth-order valence-electron chi connectivity index (χ4n) is 1.62. The van der Waals surface area contributed by atoms with Crippen LogP contribution in [-0.2, 0) is 16.0 Å². The molecule has 0 heterocycles. The lowest BCUT2D eigenvalue weighted by Gasteiger charge is -2.38. The Labute approximate surface area is 120 Å². The summed E-state index contributed by atoms with van der Waals surface area (Å²) in [6.07, 6.45) is 0.912. The number of ether oxygens (including phenoxy) is 1. The third-order valence-electron chi connectivity index (χ3n) is 3.84. The Bertz CT molecular complexity index is 422. The molecule has 0 aliphatic heterocycles. The van der Waals surface area contributed by atoms with E-state index >= 15 is 0 Å². The van der Waals surface area contributed by atoms with Gasteiger partial charge < -0.3 is 14.9 Å². The van der Waals surface area contributed by atoms with Gasteiger partial charge in [0.15, 0.2) is 0 Å². The molecular weight excluding hydrogens is 256 g/mol. The van der Waals surface area contributed by atoms with E-state index in [2.05, 4.69) is 0 Å². The van der Waals surface area contributed by atoms with Crippen molar-refractivity contribution < 1.29 is 19.7 Å². The standard InChI is InChI=1S/C16H24O4/c1-15(2,19)16(3,11-17)12-20-14(18)10-9-13-7-5-4-6-8-13/h4-8,17,19H,9-12H2,1-3H3. The van der Waals surface area contributed by atoms with Gasteiger partial charge in [-0.3, -0.25) is 4.79 Å². The van der Waals surface area contributed by atoms with E-state index < -0.39 is 11.0 Å². The molecule has 0 amide bonds. The Morgan fingerprint density at radius 2 is 1.80 bits per heavy atom. The average Bonchev–Trinajstić information content (AvgIpc) is 2.42. The highest BCUT2D eigenvalue weighted by molar-refractivity contribution is 5.69. The quantitative estimate of drug-likeness (QED) is 0.749. The molecule has 0 saturated heterocycles. The summed E-state index contributed by atoms with van der Waals surface area (Å²) in [5.74, 6) is -0.322. The van der Waals surface area contributed by atoms with E-state index in [1.54, 1.807) is 20.8 Å². The van der Waals surface area contributed by atoms with Crippen LogP contribution in [0.4, 0.5) is 0 Å². The van der Waals surface area contributed by atoms with Crippen LogP contribution in [0.5, 0.6) is 0 Å². The van der Waals surface area contributed by atoms with Gasteiger partial charge in [-0.25, -0.2) is 0 Å². The maximum Gasteiger partial charge on any atom is 0.306 e. The van der Waals surface area contributed by atoms with Gasteiger partial charge in [0.1, 0.15) is 6.61 Å². The van der Waals surface area contributed by atoms with Crippen LogP contribution in [0.3, 0.4) is 0 Å². The number of hydrogen-bond acceptors (Lipinski definition) is 4. The highest BCUT2D eigenvalue weighted by Crippen LogP contribution is 2.30. The van der Waals surface area contributed by atoms with E-state index in [9.17, 15) is 15.0 Å². The predicted molar refractivity (Wildman–Crippen MR) is 77.2 cm³/mol. The molecule has 0 aromatic heterocycles. The zero-order chi connectivity index (χ0) is 15.2. The fraction of sp³-hybridized carbons (Fsp3) is 0.562. The summed E-state index contributed by atoms with van der Waals surface area (Å²) in [5.41, 5.74) is -0.909. The van der Waals surface area contributed by atoms with Gasteiger partial charge in [-0.2, -0.15) is 0 Å². The monoisotopic (exact) mass is 280 g/mol. The summed E-state index contributed by atoms with van der Waals surface area (Å²) in [7, 11) is 0.